The summed E-state index contributed by atoms with van der Waals surface area (Å²) in [6.07, 6.45) is 2.67. The molecule has 0 radical (unpaired) electrons. The molecule has 3 rings (SSSR count). The molecule has 2 aromatic rings. The number of rotatable bonds is 4. The Hall–Kier alpha value is -1.60. The van der Waals surface area contributed by atoms with Crippen molar-refractivity contribution in [3.8, 4) is 11.1 Å². The maximum absolute atomic E-state index is 10.1. The highest BCUT2D eigenvalue weighted by Crippen LogP contribution is 2.39. The lowest BCUT2D eigenvalue weighted by Gasteiger charge is -2.16. The largest absolute Gasteiger partial charge is 0.390 e. The van der Waals surface area contributed by atoms with Gasteiger partial charge in [-0.25, -0.2) is 0 Å². The van der Waals surface area contributed by atoms with Gasteiger partial charge in [0.25, 0.3) is 0 Å². The highest BCUT2D eigenvalue weighted by molar-refractivity contribution is 5.69. The van der Waals surface area contributed by atoms with Crippen molar-refractivity contribution < 1.29 is 5.11 Å². The molecule has 0 heterocycles. The molecule has 0 aromatic heterocycles. The van der Waals surface area contributed by atoms with E-state index < -0.39 is 5.60 Å². The van der Waals surface area contributed by atoms with Crippen LogP contribution in [0.3, 0.4) is 0 Å². The van der Waals surface area contributed by atoms with E-state index in [4.69, 9.17) is 0 Å². The molecule has 0 saturated heterocycles. The van der Waals surface area contributed by atoms with E-state index in [9.17, 15) is 5.11 Å². The van der Waals surface area contributed by atoms with Crippen LogP contribution in [-0.4, -0.2) is 10.7 Å². The number of aliphatic hydroxyl groups is 1. The van der Waals surface area contributed by atoms with Crippen LogP contribution in [0.5, 0.6) is 0 Å². The van der Waals surface area contributed by atoms with E-state index in [1.807, 2.05) is 0 Å². The van der Waals surface area contributed by atoms with Crippen molar-refractivity contribution in [2.24, 2.45) is 0 Å². The first-order valence-electron chi connectivity index (χ1n) is 7.48. The average Bonchev–Trinajstić information content (AvgIpc) is 3.16. The monoisotopic (exact) mass is 266 g/mol. The van der Waals surface area contributed by atoms with Gasteiger partial charge in [-0.1, -0.05) is 62.4 Å². The normalized spacial score (nSPS) is 16.4. The predicted molar refractivity (Wildman–Crippen MR) is 83.9 cm³/mol. The molecule has 0 amide bonds. The van der Waals surface area contributed by atoms with Crippen LogP contribution in [0.15, 0.2) is 48.5 Å². The summed E-state index contributed by atoms with van der Waals surface area (Å²) in [5, 5.41) is 10.1. The molecule has 0 atom stereocenters. The zero-order valence-corrected chi connectivity index (χ0v) is 12.3. The van der Waals surface area contributed by atoms with Crippen molar-refractivity contribution >= 4 is 0 Å². The molecule has 1 heteroatoms. The standard InChI is InChI=1S/C19H22O/c1-14(2)17-9-8-15(13-19(20)10-11-19)12-18(17)16-6-4-3-5-7-16/h3-9,12,14,20H,10-11,13H2,1-2H3. The molecular formula is C19H22O. The van der Waals surface area contributed by atoms with Gasteiger partial charge in [0.2, 0.25) is 0 Å². The molecular weight excluding hydrogens is 244 g/mol. The van der Waals surface area contributed by atoms with E-state index in [1.54, 1.807) is 0 Å². The van der Waals surface area contributed by atoms with E-state index in [1.165, 1.54) is 22.3 Å². The maximum Gasteiger partial charge on any atom is 0.0690 e. The van der Waals surface area contributed by atoms with Crippen molar-refractivity contribution in [3.05, 3.63) is 59.7 Å². The van der Waals surface area contributed by atoms with Crippen molar-refractivity contribution in [2.45, 2.75) is 44.6 Å². The van der Waals surface area contributed by atoms with Gasteiger partial charge in [-0.15, -0.1) is 0 Å². The SMILES string of the molecule is CC(C)c1ccc(CC2(O)CC2)cc1-c1ccccc1. The van der Waals surface area contributed by atoms with Gasteiger partial charge in [-0.05, 0) is 41.0 Å². The molecule has 0 bridgehead atoms. The van der Waals surface area contributed by atoms with Crippen molar-refractivity contribution in [2.75, 3.05) is 0 Å². The van der Waals surface area contributed by atoms with Gasteiger partial charge in [0.1, 0.15) is 0 Å². The van der Waals surface area contributed by atoms with Gasteiger partial charge >= 0.3 is 0 Å². The van der Waals surface area contributed by atoms with Gasteiger partial charge in [0, 0.05) is 6.42 Å². The molecule has 1 fully saturated rings. The average molecular weight is 266 g/mol. The topological polar surface area (TPSA) is 20.2 Å². The highest BCUT2D eigenvalue weighted by Gasteiger charge is 2.40. The number of hydrogen-bond donors (Lipinski definition) is 1. The summed E-state index contributed by atoms with van der Waals surface area (Å²) in [4.78, 5) is 0. The summed E-state index contributed by atoms with van der Waals surface area (Å²) in [6.45, 7) is 4.46. The van der Waals surface area contributed by atoms with Gasteiger partial charge in [-0.3, -0.25) is 0 Å². The molecule has 0 spiro atoms. The Kier molecular flexibility index (Phi) is 3.39. The number of benzene rings is 2. The maximum atomic E-state index is 10.1. The Balaban J connectivity index is 2.01. The second-order valence-corrected chi connectivity index (χ2v) is 6.34. The third kappa shape index (κ3) is 2.78. The molecule has 1 nitrogen and oxygen atoms in total. The third-order valence-electron chi connectivity index (χ3n) is 4.18. The summed E-state index contributed by atoms with van der Waals surface area (Å²) < 4.78 is 0. The second kappa shape index (κ2) is 5.06. The van der Waals surface area contributed by atoms with Gasteiger partial charge in [-0.2, -0.15) is 0 Å². The van der Waals surface area contributed by atoms with E-state index in [2.05, 4.69) is 62.4 Å². The van der Waals surface area contributed by atoms with Crippen molar-refractivity contribution in [1.82, 2.24) is 0 Å². The van der Waals surface area contributed by atoms with Crippen LogP contribution in [0.25, 0.3) is 11.1 Å². The minimum atomic E-state index is -0.423. The summed E-state index contributed by atoms with van der Waals surface area (Å²) in [7, 11) is 0. The second-order valence-electron chi connectivity index (χ2n) is 6.34. The highest BCUT2D eigenvalue weighted by atomic mass is 16.3. The summed E-state index contributed by atoms with van der Waals surface area (Å²) >= 11 is 0. The summed E-state index contributed by atoms with van der Waals surface area (Å²) in [5.74, 6) is 0.503. The van der Waals surface area contributed by atoms with Crippen LogP contribution in [0.1, 0.15) is 43.7 Å². The predicted octanol–water partition coefficient (Wildman–Crippen LogP) is 4.54. The van der Waals surface area contributed by atoms with Crippen LogP contribution >= 0.6 is 0 Å². The number of hydrogen-bond acceptors (Lipinski definition) is 1. The lowest BCUT2D eigenvalue weighted by atomic mass is 9.90. The molecule has 0 aliphatic heterocycles. The van der Waals surface area contributed by atoms with Crippen LogP contribution in [0.2, 0.25) is 0 Å². The Bertz CT molecular complexity index is 594. The lowest BCUT2D eigenvalue weighted by molar-refractivity contribution is 0.151. The minimum absolute atomic E-state index is 0.423. The van der Waals surface area contributed by atoms with E-state index in [-0.39, 0.29) is 0 Å². The Morgan fingerprint density at radius 1 is 1.05 bits per heavy atom. The third-order valence-corrected chi connectivity index (χ3v) is 4.18. The van der Waals surface area contributed by atoms with E-state index in [0.29, 0.717) is 5.92 Å². The summed E-state index contributed by atoms with van der Waals surface area (Å²) in [5.41, 5.74) is 4.77. The lowest BCUT2D eigenvalue weighted by Crippen LogP contribution is -2.11. The molecule has 1 aliphatic carbocycles. The molecule has 0 unspecified atom stereocenters. The van der Waals surface area contributed by atoms with Crippen molar-refractivity contribution in [1.29, 1.82) is 0 Å². The van der Waals surface area contributed by atoms with Crippen LogP contribution in [0.4, 0.5) is 0 Å². The minimum Gasteiger partial charge on any atom is -0.390 e. The van der Waals surface area contributed by atoms with E-state index >= 15 is 0 Å². The Morgan fingerprint density at radius 2 is 1.75 bits per heavy atom. The first-order chi connectivity index (χ1) is 9.57. The molecule has 1 N–H and O–H groups in total. The van der Waals surface area contributed by atoms with E-state index in [0.717, 1.165) is 19.3 Å². The fourth-order valence-electron chi connectivity index (χ4n) is 2.79. The molecule has 2 aromatic carbocycles. The Morgan fingerprint density at radius 3 is 2.35 bits per heavy atom. The fraction of sp³-hybridized carbons (Fsp3) is 0.368. The zero-order chi connectivity index (χ0) is 14.2. The molecule has 104 valence electrons. The van der Waals surface area contributed by atoms with Crippen molar-refractivity contribution in [3.63, 3.8) is 0 Å². The van der Waals surface area contributed by atoms with Crippen LogP contribution in [0, 0.1) is 0 Å². The molecule has 1 aliphatic rings. The van der Waals surface area contributed by atoms with Gasteiger partial charge in [0.05, 0.1) is 5.60 Å². The first-order valence-corrected chi connectivity index (χ1v) is 7.48. The van der Waals surface area contributed by atoms with Crippen LogP contribution in [-0.2, 0) is 6.42 Å². The van der Waals surface area contributed by atoms with Crippen LogP contribution < -0.4 is 0 Å². The molecule has 1 saturated carbocycles. The fourth-order valence-corrected chi connectivity index (χ4v) is 2.79. The Labute approximate surface area is 121 Å². The van der Waals surface area contributed by atoms with Gasteiger partial charge in [0.15, 0.2) is 0 Å². The van der Waals surface area contributed by atoms with Gasteiger partial charge < -0.3 is 5.11 Å². The summed E-state index contributed by atoms with van der Waals surface area (Å²) in [6, 6.07) is 17.2. The zero-order valence-electron chi connectivity index (χ0n) is 12.3. The first kappa shape index (κ1) is 13.4. The smallest absolute Gasteiger partial charge is 0.0690 e. The molecule has 20 heavy (non-hydrogen) atoms. The quantitative estimate of drug-likeness (QED) is 0.861.